The summed E-state index contributed by atoms with van der Waals surface area (Å²) in [4.78, 5) is 17.9. The van der Waals surface area contributed by atoms with Crippen LogP contribution in [0.4, 0.5) is 0 Å². The summed E-state index contributed by atoms with van der Waals surface area (Å²) in [6, 6.07) is 2.17. The van der Waals surface area contributed by atoms with E-state index in [0.29, 0.717) is 12.8 Å². The molecule has 0 amide bonds. The number of nitrogens with zero attached hydrogens (tertiary/aromatic N) is 1. The maximum absolute atomic E-state index is 10.9. The van der Waals surface area contributed by atoms with Crippen LogP contribution in [0.3, 0.4) is 0 Å². The van der Waals surface area contributed by atoms with Crippen molar-refractivity contribution in [2.75, 3.05) is 0 Å². The molecule has 0 saturated carbocycles. The van der Waals surface area contributed by atoms with E-state index in [4.69, 9.17) is 15.0 Å². The Bertz CT molecular complexity index is 262. The summed E-state index contributed by atoms with van der Waals surface area (Å²) >= 11 is 0. The van der Waals surface area contributed by atoms with Gasteiger partial charge in [0.25, 0.3) is 0 Å². The second kappa shape index (κ2) is 4.93. The molecular formula is C9H18NO3P. The Hall–Kier alpha value is -0.360. The van der Waals surface area contributed by atoms with Crippen LogP contribution in [0, 0.1) is 16.7 Å². The molecule has 0 spiro atoms. The van der Waals surface area contributed by atoms with Gasteiger partial charge >= 0.3 is 7.60 Å². The number of hydrogen-bond donors (Lipinski definition) is 2. The Kier molecular flexibility index (Phi) is 4.80. The second-order valence-corrected chi connectivity index (χ2v) is 5.80. The highest BCUT2D eigenvalue weighted by molar-refractivity contribution is 7.52. The molecule has 0 fully saturated rings. The first-order chi connectivity index (χ1) is 6.31. The molecule has 4 nitrogen and oxygen atoms in total. The fourth-order valence-corrected chi connectivity index (χ4v) is 2.01. The quantitative estimate of drug-likeness (QED) is 0.695. The zero-order chi connectivity index (χ0) is 11.4. The Morgan fingerprint density at radius 2 is 1.86 bits per heavy atom. The van der Waals surface area contributed by atoms with Crippen LogP contribution in [-0.2, 0) is 4.57 Å². The third kappa shape index (κ3) is 3.42. The number of nitriles is 1. The van der Waals surface area contributed by atoms with Crippen LogP contribution in [0.5, 0.6) is 0 Å². The SMILES string of the molecule is CCC(C#N)(CC)CC(C)P(=O)(O)O. The van der Waals surface area contributed by atoms with Gasteiger partial charge in [0.2, 0.25) is 0 Å². The van der Waals surface area contributed by atoms with Crippen molar-refractivity contribution < 1.29 is 14.4 Å². The minimum absolute atomic E-state index is 0.265. The van der Waals surface area contributed by atoms with E-state index in [-0.39, 0.29) is 6.42 Å². The highest BCUT2D eigenvalue weighted by atomic mass is 31.2. The van der Waals surface area contributed by atoms with Crippen molar-refractivity contribution in [2.24, 2.45) is 5.41 Å². The van der Waals surface area contributed by atoms with Crippen LogP contribution in [0.2, 0.25) is 0 Å². The van der Waals surface area contributed by atoms with Crippen LogP contribution < -0.4 is 0 Å². The summed E-state index contributed by atoms with van der Waals surface area (Å²) in [6.45, 7) is 5.25. The van der Waals surface area contributed by atoms with E-state index in [0.717, 1.165) is 0 Å². The molecule has 5 heteroatoms. The topological polar surface area (TPSA) is 81.3 Å². The van der Waals surface area contributed by atoms with Crippen molar-refractivity contribution in [3.8, 4) is 6.07 Å². The highest BCUT2D eigenvalue weighted by Gasteiger charge is 2.34. The van der Waals surface area contributed by atoms with E-state index >= 15 is 0 Å². The predicted octanol–water partition coefficient (Wildman–Crippen LogP) is 2.27. The Labute approximate surface area is 85.1 Å². The molecule has 0 aromatic carbocycles. The Morgan fingerprint density at radius 1 is 1.43 bits per heavy atom. The van der Waals surface area contributed by atoms with Crippen LogP contribution in [0.25, 0.3) is 0 Å². The van der Waals surface area contributed by atoms with Gasteiger partial charge in [0.15, 0.2) is 0 Å². The summed E-state index contributed by atoms with van der Waals surface area (Å²) in [5, 5.41) is 8.99. The molecule has 0 saturated heterocycles. The van der Waals surface area contributed by atoms with Gasteiger partial charge in [-0.15, -0.1) is 0 Å². The third-order valence-corrected chi connectivity index (χ3v) is 4.18. The van der Waals surface area contributed by atoms with Gasteiger partial charge in [0.05, 0.1) is 17.1 Å². The van der Waals surface area contributed by atoms with Gasteiger partial charge < -0.3 is 9.79 Å². The molecule has 0 radical (unpaired) electrons. The monoisotopic (exact) mass is 219 g/mol. The average Bonchev–Trinajstić information content (AvgIpc) is 2.12. The molecule has 1 unspecified atom stereocenters. The summed E-state index contributed by atoms with van der Waals surface area (Å²) in [7, 11) is -4.04. The number of hydrogen-bond acceptors (Lipinski definition) is 2. The standard InChI is InChI=1S/C9H18NO3P/c1-4-9(5-2,7-10)6-8(3)14(11,12)13/h8H,4-6H2,1-3H3,(H2,11,12,13). The van der Waals surface area contributed by atoms with Gasteiger partial charge in [0.1, 0.15) is 0 Å². The van der Waals surface area contributed by atoms with Gasteiger partial charge in [-0.05, 0) is 19.3 Å². The van der Waals surface area contributed by atoms with Crippen molar-refractivity contribution in [3.63, 3.8) is 0 Å². The summed E-state index contributed by atoms with van der Waals surface area (Å²) in [5.74, 6) is 0. The van der Waals surface area contributed by atoms with E-state index < -0.39 is 18.7 Å². The first kappa shape index (κ1) is 13.6. The maximum atomic E-state index is 10.9. The van der Waals surface area contributed by atoms with Gasteiger partial charge in [0, 0.05) is 0 Å². The van der Waals surface area contributed by atoms with Crippen molar-refractivity contribution >= 4 is 7.60 Å². The van der Waals surface area contributed by atoms with Crippen LogP contribution in [-0.4, -0.2) is 15.4 Å². The van der Waals surface area contributed by atoms with E-state index in [1.807, 2.05) is 13.8 Å². The van der Waals surface area contributed by atoms with Crippen LogP contribution in [0.1, 0.15) is 40.0 Å². The van der Waals surface area contributed by atoms with Gasteiger partial charge in [-0.2, -0.15) is 5.26 Å². The Morgan fingerprint density at radius 3 is 2.07 bits per heavy atom. The lowest BCUT2D eigenvalue weighted by Crippen LogP contribution is -2.22. The Balaban J connectivity index is 4.64. The van der Waals surface area contributed by atoms with E-state index in [2.05, 4.69) is 6.07 Å². The molecule has 0 aromatic heterocycles. The van der Waals surface area contributed by atoms with E-state index in [9.17, 15) is 4.57 Å². The molecule has 0 rings (SSSR count). The van der Waals surface area contributed by atoms with Crippen LogP contribution in [0.15, 0.2) is 0 Å². The molecule has 0 aliphatic carbocycles. The minimum Gasteiger partial charge on any atom is -0.324 e. The molecule has 0 heterocycles. The maximum Gasteiger partial charge on any atom is 0.328 e. The third-order valence-electron chi connectivity index (χ3n) is 2.85. The fourth-order valence-electron chi connectivity index (χ4n) is 1.43. The first-order valence-corrected chi connectivity index (χ1v) is 6.46. The molecular weight excluding hydrogens is 201 g/mol. The lowest BCUT2D eigenvalue weighted by Gasteiger charge is -2.27. The van der Waals surface area contributed by atoms with Crippen LogP contribution >= 0.6 is 7.60 Å². The number of rotatable bonds is 5. The van der Waals surface area contributed by atoms with E-state index in [1.165, 1.54) is 6.92 Å². The smallest absolute Gasteiger partial charge is 0.324 e. The predicted molar refractivity (Wildman–Crippen MR) is 54.8 cm³/mol. The van der Waals surface area contributed by atoms with Crippen molar-refractivity contribution in [1.29, 1.82) is 5.26 Å². The van der Waals surface area contributed by atoms with Crippen molar-refractivity contribution in [3.05, 3.63) is 0 Å². The van der Waals surface area contributed by atoms with Gasteiger partial charge in [-0.3, -0.25) is 4.57 Å². The first-order valence-electron chi connectivity index (χ1n) is 4.77. The molecule has 0 aliphatic heterocycles. The molecule has 82 valence electrons. The van der Waals surface area contributed by atoms with Crippen molar-refractivity contribution in [1.82, 2.24) is 0 Å². The molecule has 0 aromatic rings. The summed E-state index contributed by atoms with van der Waals surface area (Å²) < 4.78 is 10.9. The fraction of sp³-hybridized carbons (Fsp3) is 0.889. The highest BCUT2D eigenvalue weighted by Crippen LogP contribution is 2.47. The minimum atomic E-state index is -4.04. The zero-order valence-electron chi connectivity index (χ0n) is 8.90. The largest absolute Gasteiger partial charge is 0.328 e. The molecule has 2 N–H and O–H groups in total. The normalized spacial score (nSPS) is 14.9. The lowest BCUT2D eigenvalue weighted by molar-refractivity contribution is 0.301. The molecule has 0 aliphatic rings. The van der Waals surface area contributed by atoms with E-state index in [1.54, 1.807) is 0 Å². The second-order valence-electron chi connectivity index (χ2n) is 3.74. The van der Waals surface area contributed by atoms with Crippen molar-refractivity contribution in [2.45, 2.75) is 45.7 Å². The lowest BCUT2D eigenvalue weighted by atomic mass is 9.80. The summed E-state index contributed by atoms with van der Waals surface area (Å²) in [5.41, 5.74) is -1.32. The average molecular weight is 219 g/mol. The molecule has 1 atom stereocenters. The molecule has 0 bridgehead atoms. The zero-order valence-corrected chi connectivity index (χ0v) is 9.79. The summed E-state index contributed by atoms with van der Waals surface area (Å²) in [6.07, 6.45) is 1.52. The van der Waals surface area contributed by atoms with Gasteiger partial charge in [-0.1, -0.05) is 20.8 Å². The molecule has 14 heavy (non-hydrogen) atoms. The van der Waals surface area contributed by atoms with Gasteiger partial charge in [-0.25, -0.2) is 0 Å².